The van der Waals surface area contributed by atoms with E-state index in [0.717, 1.165) is 14.9 Å². The Morgan fingerprint density at radius 1 is 1.26 bits per heavy atom. The van der Waals surface area contributed by atoms with E-state index < -0.39 is 0 Å². The second-order valence-electron chi connectivity index (χ2n) is 4.34. The van der Waals surface area contributed by atoms with Crippen molar-refractivity contribution in [3.63, 3.8) is 0 Å². The van der Waals surface area contributed by atoms with Gasteiger partial charge in [0.15, 0.2) is 4.34 Å². The van der Waals surface area contributed by atoms with Gasteiger partial charge in [-0.1, -0.05) is 53.4 Å². The molecule has 0 spiro atoms. The molecule has 0 aliphatic carbocycles. The molecular weight excluding hydrogens is 332 g/mol. The lowest BCUT2D eigenvalue weighted by Gasteiger charge is -1.96. The molecule has 1 amide bonds. The van der Waals surface area contributed by atoms with Crippen molar-refractivity contribution >= 4 is 35.2 Å². The second kappa shape index (κ2) is 7.70. The summed E-state index contributed by atoms with van der Waals surface area (Å²) < 4.78 is 5.81. The van der Waals surface area contributed by atoms with Crippen LogP contribution in [0.3, 0.4) is 0 Å². The third-order valence-corrected chi connectivity index (χ3v) is 4.78. The Bertz CT molecular complexity index is 785. The predicted molar refractivity (Wildman–Crippen MR) is 90.5 cm³/mol. The van der Waals surface area contributed by atoms with Gasteiger partial charge in [0.1, 0.15) is 10.8 Å². The van der Waals surface area contributed by atoms with Crippen molar-refractivity contribution in [2.45, 2.75) is 4.34 Å². The van der Waals surface area contributed by atoms with Gasteiger partial charge in [-0.15, -0.1) is 10.2 Å². The number of furan rings is 1. The lowest BCUT2D eigenvalue weighted by Crippen LogP contribution is -2.19. The van der Waals surface area contributed by atoms with Crippen molar-refractivity contribution in [2.75, 3.05) is 5.75 Å². The van der Waals surface area contributed by atoms with E-state index in [4.69, 9.17) is 4.42 Å². The first-order chi connectivity index (χ1) is 11.3. The maximum atomic E-state index is 11.7. The molecule has 3 aromatic rings. The summed E-state index contributed by atoms with van der Waals surface area (Å²) in [5.41, 5.74) is 3.45. The van der Waals surface area contributed by atoms with Crippen LogP contribution >= 0.6 is 23.1 Å². The lowest BCUT2D eigenvalue weighted by molar-refractivity contribution is -0.118. The number of hydrogen-bond acceptors (Lipinski definition) is 7. The van der Waals surface area contributed by atoms with Gasteiger partial charge in [-0.05, 0) is 12.1 Å². The smallest absolute Gasteiger partial charge is 0.250 e. The van der Waals surface area contributed by atoms with Gasteiger partial charge in [0.05, 0.1) is 18.2 Å². The number of amides is 1. The normalized spacial score (nSPS) is 11.0. The summed E-state index contributed by atoms with van der Waals surface area (Å²) in [5.74, 6) is 0.586. The van der Waals surface area contributed by atoms with E-state index in [2.05, 4.69) is 20.7 Å². The molecule has 1 N–H and O–H groups in total. The molecule has 0 bridgehead atoms. The average Bonchev–Trinajstić information content (AvgIpc) is 3.25. The largest absolute Gasteiger partial charge is 0.463 e. The van der Waals surface area contributed by atoms with Gasteiger partial charge in [-0.3, -0.25) is 4.79 Å². The van der Waals surface area contributed by atoms with Crippen LogP contribution in [0.2, 0.25) is 0 Å². The van der Waals surface area contributed by atoms with Crippen molar-refractivity contribution in [2.24, 2.45) is 5.10 Å². The van der Waals surface area contributed by atoms with Crippen molar-refractivity contribution in [3.05, 3.63) is 54.5 Å². The molecule has 2 aromatic heterocycles. The van der Waals surface area contributed by atoms with Gasteiger partial charge in [0, 0.05) is 5.56 Å². The number of rotatable bonds is 6. The Morgan fingerprint density at radius 2 is 2.13 bits per heavy atom. The first kappa shape index (κ1) is 15.4. The van der Waals surface area contributed by atoms with Gasteiger partial charge in [-0.25, -0.2) is 5.43 Å². The predicted octanol–water partition coefficient (Wildman–Crippen LogP) is 3.04. The molecule has 0 fully saturated rings. The van der Waals surface area contributed by atoms with Crippen LogP contribution in [0.5, 0.6) is 0 Å². The van der Waals surface area contributed by atoms with Gasteiger partial charge in [-0.2, -0.15) is 5.10 Å². The third-order valence-electron chi connectivity index (χ3n) is 2.68. The van der Waals surface area contributed by atoms with E-state index in [0.29, 0.717) is 5.76 Å². The third kappa shape index (κ3) is 4.51. The molecule has 0 atom stereocenters. The number of thioether (sulfide) groups is 1. The summed E-state index contributed by atoms with van der Waals surface area (Å²) in [6, 6.07) is 13.3. The number of aromatic nitrogens is 2. The van der Waals surface area contributed by atoms with Crippen LogP contribution in [0.15, 0.2) is 62.6 Å². The summed E-state index contributed by atoms with van der Waals surface area (Å²) in [6.45, 7) is 0. The summed E-state index contributed by atoms with van der Waals surface area (Å²) in [7, 11) is 0. The number of hydrogen-bond donors (Lipinski definition) is 1. The van der Waals surface area contributed by atoms with Crippen LogP contribution in [0.25, 0.3) is 10.6 Å². The molecule has 0 radical (unpaired) electrons. The minimum atomic E-state index is -0.214. The zero-order chi connectivity index (χ0) is 15.9. The van der Waals surface area contributed by atoms with E-state index in [1.54, 1.807) is 18.4 Å². The van der Waals surface area contributed by atoms with Crippen molar-refractivity contribution in [1.29, 1.82) is 0 Å². The monoisotopic (exact) mass is 344 g/mol. The Morgan fingerprint density at radius 3 is 2.91 bits per heavy atom. The molecular formula is C15H12N4O2S2. The fourth-order valence-electron chi connectivity index (χ4n) is 1.66. The fourth-order valence-corrected chi connectivity index (χ4v) is 3.31. The SMILES string of the molecule is O=C(CSc1nnc(-c2ccccc2)s1)NN=Cc1ccco1. The highest BCUT2D eigenvalue weighted by Crippen LogP contribution is 2.28. The number of nitrogens with zero attached hydrogens (tertiary/aromatic N) is 3. The highest BCUT2D eigenvalue weighted by molar-refractivity contribution is 8.01. The highest BCUT2D eigenvalue weighted by atomic mass is 32.2. The molecule has 23 heavy (non-hydrogen) atoms. The van der Waals surface area contributed by atoms with Crippen LogP contribution in [0, 0.1) is 0 Å². The van der Waals surface area contributed by atoms with Crippen LogP contribution in [-0.4, -0.2) is 28.1 Å². The first-order valence-electron chi connectivity index (χ1n) is 6.68. The summed E-state index contributed by atoms with van der Waals surface area (Å²) in [4.78, 5) is 11.7. The van der Waals surface area contributed by atoms with Crippen LogP contribution in [0.1, 0.15) is 5.76 Å². The number of nitrogens with one attached hydrogen (secondary N) is 1. The van der Waals surface area contributed by atoms with Crippen LogP contribution in [-0.2, 0) is 4.79 Å². The molecule has 0 aliphatic heterocycles. The Hall–Kier alpha value is -2.45. The quantitative estimate of drug-likeness (QED) is 0.422. The van der Waals surface area contributed by atoms with E-state index in [-0.39, 0.29) is 11.7 Å². The van der Waals surface area contributed by atoms with Gasteiger partial charge < -0.3 is 4.42 Å². The van der Waals surface area contributed by atoms with Gasteiger partial charge >= 0.3 is 0 Å². The molecule has 0 saturated carbocycles. The van der Waals surface area contributed by atoms with E-state index in [1.165, 1.54) is 29.3 Å². The Balaban J connectivity index is 1.49. The first-order valence-corrected chi connectivity index (χ1v) is 8.48. The average molecular weight is 344 g/mol. The Labute approximate surface area is 140 Å². The Kier molecular flexibility index (Phi) is 5.17. The molecule has 116 valence electrons. The zero-order valence-electron chi connectivity index (χ0n) is 11.9. The molecule has 2 heterocycles. The topological polar surface area (TPSA) is 80.4 Å². The van der Waals surface area contributed by atoms with E-state index in [9.17, 15) is 4.79 Å². The molecule has 6 nitrogen and oxygen atoms in total. The summed E-state index contributed by atoms with van der Waals surface area (Å²) in [6.07, 6.45) is 2.99. The van der Waals surface area contributed by atoms with Gasteiger partial charge in [0.25, 0.3) is 5.91 Å². The minimum absolute atomic E-state index is 0.214. The van der Waals surface area contributed by atoms with Crippen LogP contribution in [0.4, 0.5) is 0 Å². The molecule has 0 unspecified atom stereocenters. The van der Waals surface area contributed by atoms with Crippen molar-refractivity contribution in [3.8, 4) is 10.6 Å². The van der Waals surface area contributed by atoms with Crippen LogP contribution < -0.4 is 5.43 Å². The number of hydrazone groups is 1. The number of carbonyl (C=O) groups is 1. The van der Waals surface area contributed by atoms with Crippen molar-refractivity contribution < 1.29 is 9.21 Å². The maximum absolute atomic E-state index is 11.7. The highest BCUT2D eigenvalue weighted by Gasteiger charge is 2.09. The maximum Gasteiger partial charge on any atom is 0.250 e. The molecule has 8 heteroatoms. The standard InChI is InChI=1S/C15H12N4O2S2/c20-13(17-16-9-12-7-4-8-21-12)10-22-15-19-18-14(23-15)11-5-2-1-3-6-11/h1-9H,10H2,(H,17,20). The number of carbonyl (C=O) groups excluding carboxylic acids is 1. The second-order valence-corrected chi connectivity index (χ2v) is 6.54. The molecule has 1 aromatic carbocycles. The minimum Gasteiger partial charge on any atom is -0.463 e. The number of benzene rings is 1. The van der Waals surface area contributed by atoms with E-state index >= 15 is 0 Å². The molecule has 0 saturated heterocycles. The molecule has 0 aliphatic rings. The van der Waals surface area contributed by atoms with Gasteiger partial charge in [0.2, 0.25) is 0 Å². The fraction of sp³-hybridized carbons (Fsp3) is 0.0667. The zero-order valence-corrected chi connectivity index (χ0v) is 13.5. The summed E-state index contributed by atoms with van der Waals surface area (Å²) in [5, 5.41) is 12.9. The summed E-state index contributed by atoms with van der Waals surface area (Å²) >= 11 is 2.78. The van der Waals surface area contributed by atoms with Crippen molar-refractivity contribution in [1.82, 2.24) is 15.6 Å². The molecule has 3 rings (SSSR count). The van der Waals surface area contributed by atoms with E-state index in [1.807, 2.05) is 30.3 Å². The lowest BCUT2D eigenvalue weighted by atomic mass is 10.2.